The molecule has 1 aliphatic heterocycles. The SMILES string of the molecule is Cc1cc([C@H]2[C@@H](c3ccccn3)NC(=S)N2c2ccc(Cl)cc2)c(C)n1-c1cccc(Cl)c1. The molecule has 5 rings (SSSR count). The summed E-state index contributed by atoms with van der Waals surface area (Å²) in [5.74, 6) is 0. The van der Waals surface area contributed by atoms with Crippen molar-refractivity contribution in [2.75, 3.05) is 4.90 Å². The fourth-order valence-corrected chi connectivity index (χ4v) is 5.31. The van der Waals surface area contributed by atoms with Crippen molar-refractivity contribution in [2.24, 2.45) is 0 Å². The van der Waals surface area contributed by atoms with Crippen LogP contribution in [0.1, 0.15) is 34.7 Å². The Labute approximate surface area is 208 Å². The zero-order valence-electron chi connectivity index (χ0n) is 18.2. The molecule has 0 amide bonds. The first-order valence-corrected chi connectivity index (χ1v) is 11.8. The number of hydrogen-bond acceptors (Lipinski definition) is 2. The van der Waals surface area contributed by atoms with E-state index in [1.807, 2.05) is 66.9 Å². The summed E-state index contributed by atoms with van der Waals surface area (Å²) in [5, 5.41) is 5.57. The van der Waals surface area contributed by atoms with Gasteiger partial charge in [0, 0.05) is 39.0 Å². The molecule has 4 nitrogen and oxygen atoms in total. The first kappa shape index (κ1) is 22.0. The monoisotopic (exact) mass is 492 g/mol. The average molecular weight is 493 g/mol. The molecule has 33 heavy (non-hydrogen) atoms. The Morgan fingerprint density at radius 1 is 0.879 bits per heavy atom. The number of thiocarbonyl (C=S) groups is 1. The smallest absolute Gasteiger partial charge is 0.174 e. The van der Waals surface area contributed by atoms with Crippen LogP contribution in [-0.2, 0) is 0 Å². The molecule has 0 saturated carbocycles. The number of aromatic nitrogens is 2. The van der Waals surface area contributed by atoms with Gasteiger partial charge >= 0.3 is 0 Å². The summed E-state index contributed by atoms with van der Waals surface area (Å²) < 4.78 is 2.23. The van der Waals surface area contributed by atoms with Gasteiger partial charge in [-0.2, -0.15) is 0 Å². The number of benzene rings is 2. The number of hydrogen-bond donors (Lipinski definition) is 1. The fraction of sp³-hybridized carbons (Fsp3) is 0.154. The molecule has 1 saturated heterocycles. The van der Waals surface area contributed by atoms with Gasteiger partial charge in [0.05, 0.1) is 17.8 Å². The van der Waals surface area contributed by atoms with Crippen molar-refractivity contribution in [1.29, 1.82) is 0 Å². The van der Waals surface area contributed by atoms with E-state index in [9.17, 15) is 0 Å². The highest BCUT2D eigenvalue weighted by molar-refractivity contribution is 7.80. The van der Waals surface area contributed by atoms with E-state index in [4.69, 9.17) is 35.4 Å². The number of halogens is 2. The third-order valence-corrected chi connectivity index (χ3v) is 6.86. The van der Waals surface area contributed by atoms with Gasteiger partial charge in [-0.1, -0.05) is 35.3 Å². The quantitative estimate of drug-likeness (QED) is 0.311. The maximum absolute atomic E-state index is 6.30. The first-order chi connectivity index (χ1) is 15.9. The lowest BCUT2D eigenvalue weighted by Crippen LogP contribution is -2.29. The highest BCUT2D eigenvalue weighted by Crippen LogP contribution is 2.43. The number of pyridine rings is 1. The second kappa shape index (κ2) is 8.82. The van der Waals surface area contributed by atoms with Crippen molar-refractivity contribution >= 4 is 46.2 Å². The van der Waals surface area contributed by atoms with E-state index in [0.29, 0.717) is 15.2 Å². The van der Waals surface area contributed by atoms with Gasteiger partial charge in [-0.05, 0) is 92.3 Å². The molecule has 2 aromatic heterocycles. The average Bonchev–Trinajstić information content (AvgIpc) is 3.30. The summed E-state index contributed by atoms with van der Waals surface area (Å²) in [7, 11) is 0. The predicted molar refractivity (Wildman–Crippen MR) is 140 cm³/mol. The highest BCUT2D eigenvalue weighted by atomic mass is 35.5. The molecule has 0 spiro atoms. The third-order valence-electron chi connectivity index (χ3n) is 6.06. The molecular weight excluding hydrogens is 471 g/mol. The molecule has 0 unspecified atom stereocenters. The molecule has 2 aromatic carbocycles. The standard InChI is InChI=1S/C26H22Cl2N4S/c1-16-14-22(17(2)31(16)21-7-5-6-19(28)15-21)25-24(23-8-3-4-13-29-23)30-26(33)32(25)20-11-9-18(27)10-12-20/h3-15,24-25H,1-2H3,(H,30,33)/t24-,25+/m1/s1. The minimum absolute atomic E-state index is 0.0901. The first-order valence-electron chi connectivity index (χ1n) is 10.6. The molecule has 1 N–H and O–H groups in total. The van der Waals surface area contributed by atoms with Gasteiger partial charge in [0.15, 0.2) is 5.11 Å². The molecule has 2 atom stereocenters. The normalized spacial score (nSPS) is 17.9. The summed E-state index contributed by atoms with van der Waals surface area (Å²) in [4.78, 5) is 6.81. The highest BCUT2D eigenvalue weighted by Gasteiger charge is 2.42. The minimum atomic E-state index is -0.109. The van der Waals surface area contributed by atoms with E-state index in [1.165, 1.54) is 5.56 Å². The minimum Gasteiger partial charge on any atom is -0.351 e. The van der Waals surface area contributed by atoms with Gasteiger partial charge in [0.2, 0.25) is 0 Å². The Morgan fingerprint density at radius 2 is 1.67 bits per heavy atom. The second-order valence-electron chi connectivity index (χ2n) is 8.11. The van der Waals surface area contributed by atoms with Gasteiger partial charge < -0.3 is 14.8 Å². The van der Waals surface area contributed by atoms with Crippen LogP contribution in [0.3, 0.4) is 0 Å². The Kier molecular flexibility index (Phi) is 5.87. The predicted octanol–water partition coefficient (Wildman–Crippen LogP) is 6.97. The lowest BCUT2D eigenvalue weighted by Gasteiger charge is -2.28. The lowest BCUT2D eigenvalue weighted by atomic mass is 9.96. The van der Waals surface area contributed by atoms with E-state index >= 15 is 0 Å². The Bertz CT molecular complexity index is 1320. The van der Waals surface area contributed by atoms with Crippen LogP contribution in [-0.4, -0.2) is 14.7 Å². The van der Waals surface area contributed by atoms with Crippen molar-refractivity contribution in [3.05, 3.63) is 112 Å². The van der Waals surface area contributed by atoms with Gasteiger partial charge in [-0.25, -0.2) is 0 Å². The Hall–Kier alpha value is -2.86. The van der Waals surface area contributed by atoms with Crippen molar-refractivity contribution in [3.8, 4) is 5.69 Å². The molecular formula is C26H22Cl2N4S. The van der Waals surface area contributed by atoms with Gasteiger partial charge in [0.1, 0.15) is 0 Å². The summed E-state index contributed by atoms with van der Waals surface area (Å²) in [6.45, 7) is 4.25. The molecule has 0 radical (unpaired) electrons. The molecule has 3 heterocycles. The van der Waals surface area contributed by atoms with Crippen LogP contribution in [0.15, 0.2) is 79.0 Å². The number of rotatable bonds is 4. The molecule has 166 valence electrons. The molecule has 1 aliphatic rings. The van der Waals surface area contributed by atoms with E-state index in [-0.39, 0.29) is 12.1 Å². The fourth-order valence-electron chi connectivity index (χ4n) is 4.65. The summed E-state index contributed by atoms with van der Waals surface area (Å²) in [5.41, 5.74) is 6.38. The maximum Gasteiger partial charge on any atom is 0.174 e. The van der Waals surface area contributed by atoms with Crippen LogP contribution in [0.25, 0.3) is 5.69 Å². The molecule has 0 aliphatic carbocycles. The summed E-state index contributed by atoms with van der Waals surface area (Å²) >= 11 is 18.3. The zero-order valence-corrected chi connectivity index (χ0v) is 20.5. The molecule has 4 aromatic rings. The van der Waals surface area contributed by atoms with Crippen LogP contribution in [0.2, 0.25) is 10.0 Å². The van der Waals surface area contributed by atoms with E-state index in [2.05, 4.69) is 45.7 Å². The largest absolute Gasteiger partial charge is 0.351 e. The van der Waals surface area contributed by atoms with Crippen molar-refractivity contribution in [1.82, 2.24) is 14.9 Å². The van der Waals surface area contributed by atoms with Crippen molar-refractivity contribution in [3.63, 3.8) is 0 Å². The van der Waals surface area contributed by atoms with Crippen LogP contribution in [0.4, 0.5) is 5.69 Å². The van der Waals surface area contributed by atoms with Crippen LogP contribution < -0.4 is 10.2 Å². The number of aryl methyl sites for hydroxylation is 1. The van der Waals surface area contributed by atoms with Gasteiger partial charge in [-0.15, -0.1) is 0 Å². The lowest BCUT2D eigenvalue weighted by molar-refractivity contribution is 0.565. The van der Waals surface area contributed by atoms with E-state index in [0.717, 1.165) is 28.5 Å². The summed E-state index contributed by atoms with van der Waals surface area (Å²) in [6, 6.07) is 23.7. The topological polar surface area (TPSA) is 33.1 Å². The van der Waals surface area contributed by atoms with Crippen LogP contribution in [0.5, 0.6) is 0 Å². The Balaban J connectivity index is 1.68. The summed E-state index contributed by atoms with van der Waals surface area (Å²) in [6.07, 6.45) is 1.82. The Morgan fingerprint density at radius 3 is 2.36 bits per heavy atom. The second-order valence-corrected chi connectivity index (χ2v) is 9.37. The van der Waals surface area contributed by atoms with Crippen molar-refractivity contribution in [2.45, 2.75) is 25.9 Å². The molecule has 7 heteroatoms. The maximum atomic E-state index is 6.30. The number of nitrogens with zero attached hydrogens (tertiary/aromatic N) is 3. The number of nitrogens with one attached hydrogen (secondary N) is 1. The number of anilines is 1. The van der Waals surface area contributed by atoms with Crippen molar-refractivity contribution < 1.29 is 0 Å². The molecule has 1 fully saturated rings. The van der Waals surface area contributed by atoms with E-state index in [1.54, 1.807) is 0 Å². The van der Waals surface area contributed by atoms with E-state index < -0.39 is 0 Å². The molecule has 0 bridgehead atoms. The third kappa shape index (κ3) is 4.01. The van der Waals surface area contributed by atoms with Crippen LogP contribution in [0, 0.1) is 13.8 Å². The zero-order chi connectivity index (χ0) is 23.1. The van der Waals surface area contributed by atoms with Gasteiger partial charge in [-0.3, -0.25) is 4.98 Å². The van der Waals surface area contributed by atoms with Gasteiger partial charge in [0.25, 0.3) is 0 Å². The van der Waals surface area contributed by atoms with Crippen LogP contribution >= 0.6 is 35.4 Å².